The van der Waals surface area contributed by atoms with E-state index in [1.165, 1.54) is 0 Å². The molecule has 0 aromatic rings. The molecule has 0 spiro atoms. The zero-order valence-corrected chi connectivity index (χ0v) is 6.49. The molecular weight excluding hydrogens is 146 g/mol. The van der Waals surface area contributed by atoms with Gasteiger partial charge in [-0.05, 0) is 13.3 Å². The predicted molar refractivity (Wildman–Crippen MR) is 39.1 cm³/mol. The molecule has 3 N–H and O–H groups in total. The second-order valence-corrected chi connectivity index (χ2v) is 2.91. The summed E-state index contributed by atoms with van der Waals surface area (Å²) < 4.78 is 5.18. The Morgan fingerprint density at radius 2 is 2.45 bits per heavy atom. The van der Waals surface area contributed by atoms with Gasteiger partial charge in [0, 0.05) is 12.6 Å². The van der Waals surface area contributed by atoms with Crippen LogP contribution in [0, 0.1) is 5.92 Å². The van der Waals surface area contributed by atoms with Crippen LogP contribution in [0.25, 0.3) is 0 Å². The molecule has 0 saturated carbocycles. The molecule has 1 aliphatic heterocycles. The summed E-state index contributed by atoms with van der Waals surface area (Å²) in [5, 5.41) is 8.62. The van der Waals surface area contributed by atoms with Gasteiger partial charge in [-0.2, -0.15) is 0 Å². The van der Waals surface area contributed by atoms with Gasteiger partial charge >= 0.3 is 5.97 Å². The summed E-state index contributed by atoms with van der Waals surface area (Å²) in [6.07, 6.45) is 0.468. The van der Waals surface area contributed by atoms with Gasteiger partial charge in [-0.1, -0.05) is 0 Å². The summed E-state index contributed by atoms with van der Waals surface area (Å²) >= 11 is 0. The second kappa shape index (κ2) is 3.19. The predicted octanol–water partition coefficient (Wildman–Crippen LogP) is -0.177. The van der Waals surface area contributed by atoms with Crippen LogP contribution < -0.4 is 5.73 Å². The van der Waals surface area contributed by atoms with Crippen molar-refractivity contribution in [2.45, 2.75) is 25.5 Å². The van der Waals surface area contributed by atoms with E-state index < -0.39 is 11.9 Å². The molecule has 0 aliphatic carbocycles. The van der Waals surface area contributed by atoms with Crippen molar-refractivity contribution >= 4 is 5.97 Å². The van der Waals surface area contributed by atoms with Crippen LogP contribution in [0.4, 0.5) is 0 Å². The Morgan fingerprint density at radius 3 is 2.82 bits per heavy atom. The molecule has 1 aliphatic rings. The maximum atomic E-state index is 10.5. The highest BCUT2D eigenvalue weighted by Crippen LogP contribution is 2.19. The van der Waals surface area contributed by atoms with Crippen LogP contribution in [0.5, 0.6) is 0 Å². The van der Waals surface area contributed by atoms with Crippen molar-refractivity contribution in [1.29, 1.82) is 0 Å². The van der Waals surface area contributed by atoms with E-state index >= 15 is 0 Å². The first kappa shape index (κ1) is 8.49. The SMILES string of the molecule is CC(C(=O)O)C1OCCC1N. The minimum absolute atomic E-state index is 0.110. The van der Waals surface area contributed by atoms with Gasteiger partial charge < -0.3 is 15.6 Å². The lowest BCUT2D eigenvalue weighted by Gasteiger charge is -2.18. The molecule has 0 radical (unpaired) electrons. The molecular formula is C7H13NO3. The number of hydrogen-bond donors (Lipinski definition) is 2. The minimum Gasteiger partial charge on any atom is -0.481 e. The number of carboxylic acid groups (broad SMARTS) is 1. The fourth-order valence-corrected chi connectivity index (χ4v) is 1.28. The number of rotatable bonds is 2. The highest BCUT2D eigenvalue weighted by molar-refractivity contribution is 5.70. The molecule has 3 unspecified atom stereocenters. The molecule has 64 valence electrons. The van der Waals surface area contributed by atoms with Gasteiger partial charge in [0.15, 0.2) is 0 Å². The highest BCUT2D eigenvalue weighted by atomic mass is 16.5. The molecule has 3 atom stereocenters. The molecule has 11 heavy (non-hydrogen) atoms. The maximum Gasteiger partial charge on any atom is 0.308 e. The quantitative estimate of drug-likeness (QED) is 0.586. The van der Waals surface area contributed by atoms with E-state index in [4.69, 9.17) is 15.6 Å². The summed E-state index contributed by atoms with van der Waals surface area (Å²) in [6.45, 7) is 2.21. The highest BCUT2D eigenvalue weighted by Gasteiger charge is 2.33. The monoisotopic (exact) mass is 159 g/mol. The van der Waals surface area contributed by atoms with E-state index in [9.17, 15) is 4.79 Å². The Balaban J connectivity index is 2.52. The molecule has 1 rings (SSSR count). The van der Waals surface area contributed by atoms with Crippen LogP contribution in [0.2, 0.25) is 0 Å². The van der Waals surface area contributed by atoms with Gasteiger partial charge in [0.2, 0.25) is 0 Å². The lowest BCUT2D eigenvalue weighted by molar-refractivity contribution is -0.145. The smallest absolute Gasteiger partial charge is 0.308 e. The van der Waals surface area contributed by atoms with Crippen molar-refractivity contribution in [3.05, 3.63) is 0 Å². The van der Waals surface area contributed by atoms with Crippen LogP contribution in [0.3, 0.4) is 0 Å². The summed E-state index contributed by atoms with van der Waals surface area (Å²) in [4.78, 5) is 10.5. The minimum atomic E-state index is -0.840. The zero-order chi connectivity index (χ0) is 8.43. The van der Waals surface area contributed by atoms with Gasteiger partial charge in [-0.25, -0.2) is 0 Å². The number of carbonyl (C=O) groups is 1. The standard InChI is InChI=1S/C7H13NO3/c1-4(7(9)10)6-5(8)2-3-11-6/h4-6H,2-3,8H2,1H3,(H,9,10). The average Bonchev–Trinajstić information content (AvgIpc) is 2.33. The summed E-state index contributed by atoms with van der Waals surface area (Å²) in [5.41, 5.74) is 5.63. The van der Waals surface area contributed by atoms with Crippen molar-refractivity contribution < 1.29 is 14.6 Å². The fraction of sp³-hybridized carbons (Fsp3) is 0.857. The molecule has 1 heterocycles. The topological polar surface area (TPSA) is 72.5 Å². The van der Waals surface area contributed by atoms with Crippen LogP contribution >= 0.6 is 0 Å². The largest absolute Gasteiger partial charge is 0.481 e. The number of carboxylic acids is 1. The second-order valence-electron chi connectivity index (χ2n) is 2.91. The molecule has 0 aromatic carbocycles. The number of nitrogens with two attached hydrogens (primary N) is 1. The van der Waals surface area contributed by atoms with E-state index in [0.717, 1.165) is 6.42 Å². The van der Waals surface area contributed by atoms with Crippen LogP contribution in [0.1, 0.15) is 13.3 Å². The molecule has 4 nitrogen and oxygen atoms in total. The van der Waals surface area contributed by atoms with Gasteiger partial charge in [-0.15, -0.1) is 0 Å². The first-order chi connectivity index (χ1) is 5.13. The molecule has 0 bridgehead atoms. The van der Waals surface area contributed by atoms with E-state index in [1.807, 2.05) is 0 Å². The van der Waals surface area contributed by atoms with Gasteiger partial charge in [0.25, 0.3) is 0 Å². The third kappa shape index (κ3) is 1.70. The van der Waals surface area contributed by atoms with Gasteiger partial charge in [0.1, 0.15) is 0 Å². The van der Waals surface area contributed by atoms with E-state index in [-0.39, 0.29) is 12.1 Å². The maximum absolute atomic E-state index is 10.5. The van der Waals surface area contributed by atoms with E-state index in [0.29, 0.717) is 6.61 Å². The number of aliphatic carboxylic acids is 1. The Labute approximate surface area is 65.3 Å². The Hall–Kier alpha value is -0.610. The first-order valence-corrected chi connectivity index (χ1v) is 3.73. The van der Waals surface area contributed by atoms with Crippen LogP contribution in [0.15, 0.2) is 0 Å². The first-order valence-electron chi connectivity index (χ1n) is 3.73. The molecule has 1 saturated heterocycles. The lowest BCUT2D eigenvalue weighted by atomic mass is 9.99. The lowest BCUT2D eigenvalue weighted by Crippen LogP contribution is -2.38. The van der Waals surface area contributed by atoms with Crippen molar-refractivity contribution in [3.8, 4) is 0 Å². The van der Waals surface area contributed by atoms with Crippen molar-refractivity contribution in [3.63, 3.8) is 0 Å². The molecule has 0 aromatic heterocycles. The van der Waals surface area contributed by atoms with Gasteiger partial charge in [0.05, 0.1) is 12.0 Å². The average molecular weight is 159 g/mol. The molecule has 4 heteroatoms. The van der Waals surface area contributed by atoms with Crippen molar-refractivity contribution in [2.24, 2.45) is 11.7 Å². The van der Waals surface area contributed by atoms with Crippen molar-refractivity contribution in [2.75, 3.05) is 6.61 Å². The van der Waals surface area contributed by atoms with Gasteiger partial charge in [-0.3, -0.25) is 4.79 Å². The summed E-state index contributed by atoms with van der Waals surface area (Å²) in [6, 6.07) is -0.110. The number of ether oxygens (including phenoxy) is 1. The fourth-order valence-electron chi connectivity index (χ4n) is 1.28. The summed E-state index contributed by atoms with van der Waals surface area (Å²) in [7, 11) is 0. The van der Waals surface area contributed by atoms with E-state index in [2.05, 4.69) is 0 Å². The van der Waals surface area contributed by atoms with Crippen LogP contribution in [-0.4, -0.2) is 29.8 Å². The third-order valence-electron chi connectivity index (χ3n) is 2.07. The Morgan fingerprint density at radius 1 is 1.82 bits per heavy atom. The van der Waals surface area contributed by atoms with E-state index in [1.54, 1.807) is 6.92 Å². The number of hydrogen-bond acceptors (Lipinski definition) is 3. The molecule has 0 amide bonds. The van der Waals surface area contributed by atoms with Crippen LogP contribution in [-0.2, 0) is 9.53 Å². The summed E-state index contributed by atoms with van der Waals surface area (Å²) in [5.74, 6) is -1.33. The zero-order valence-electron chi connectivity index (χ0n) is 6.49. The molecule has 1 fully saturated rings. The Bertz CT molecular complexity index is 160. The third-order valence-corrected chi connectivity index (χ3v) is 2.07. The Kier molecular flexibility index (Phi) is 2.46. The normalized spacial score (nSPS) is 33.6. The van der Waals surface area contributed by atoms with Crippen molar-refractivity contribution in [1.82, 2.24) is 0 Å².